The zero-order chi connectivity index (χ0) is 22.0. The summed E-state index contributed by atoms with van der Waals surface area (Å²) in [6, 6.07) is 5.32. The van der Waals surface area contributed by atoms with Crippen LogP contribution in [0.1, 0.15) is 37.8 Å². The minimum Gasteiger partial charge on any atom is -0.487 e. The van der Waals surface area contributed by atoms with Crippen LogP contribution < -0.4 is 9.46 Å². The Balaban J connectivity index is 1.57. The standard InChI is InChI=1S/C20H21F2N5O3S/c1-2-27-14(8-11-25-27)13-4-3-5-15(13)30-16-6-7-17(20(22)19(16)21)31(28,29)26-18-9-10-23-12-24-18/h6-13,15H,2-5H2,1H3,(H,23,24,26)/t13?,15-/m0/s1. The zero-order valence-electron chi connectivity index (χ0n) is 16.7. The summed E-state index contributed by atoms with van der Waals surface area (Å²) in [5, 5.41) is 4.27. The summed E-state index contributed by atoms with van der Waals surface area (Å²) in [7, 11) is -4.39. The van der Waals surface area contributed by atoms with E-state index in [0.29, 0.717) is 13.0 Å². The van der Waals surface area contributed by atoms with Gasteiger partial charge >= 0.3 is 0 Å². The molecule has 0 aliphatic heterocycles. The molecule has 0 bridgehead atoms. The quantitative estimate of drug-likeness (QED) is 0.593. The second kappa shape index (κ2) is 8.58. The van der Waals surface area contributed by atoms with Crippen LogP contribution in [0.3, 0.4) is 0 Å². The lowest BCUT2D eigenvalue weighted by Gasteiger charge is -2.22. The van der Waals surface area contributed by atoms with Crippen molar-refractivity contribution in [1.82, 2.24) is 19.7 Å². The molecule has 4 rings (SSSR count). The van der Waals surface area contributed by atoms with Gasteiger partial charge in [-0.1, -0.05) is 0 Å². The average molecular weight is 449 g/mol. The van der Waals surface area contributed by atoms with Crippen molar-refractivity contribution in [3.8, 4) is 5.75 Å². The second-order valence-corrected chi connectivity index (χ2v) is 8.81. The first-order valence-electron chi connectivity index (χ1n) is 9.86. The van der Waals surface area contributed by atoms with E-state index in [1.54, 1.807) is 6.20 Å². The molecule has 1 aliphatic rings. The maximum absolute atomic E-state index is 14.8. The number of sulfonamides is 1. The molecule has 31 heavy (non-hydrogen) atoms. The van der Waals surface area contributed by atoms with Gasteiger partial charge in [0.15, 0.2) is 11.6 Å². The van der Waals surface area contributed by atoms with Crippen molar-refractivity contribution in [2.45, 2.75) is 49.6 Å². The van der Waals surface area contributed by atoms with E-state index in [1.807, 2.05) is 17.7 Å². The van der Waals surface area contributed by atoms with Crippen molar-refractivity contribution < 1.29 is 21.9 Å². The molecule has 11 heteroatoms. The summed E-state index contributed by atoms with van der Waals surface area (Å²) in [5.74, 6) is -3.24. The van der Waals surface area contributed by atoms with Gasteiger partial charge in [0.2, 0.25) is 5.82 Å². The minimum absolute atomic E-state index is 0.00671. The summed E-state index contributed by atoms with van der Waals surface area (Å²) in [4.78, 5) is 6.57. The molecule has 0 amide bonds. The SMILES string of the molecule is CCn1nccc1C1CCC[C@@H]1Oc1ccc(S(=O)(=O)Nc2ccncn2)c(F)c1F. The monoisotopic (exact) mass is 449 g/mol. The van der Waals surface area contributed by atoms with Crippen LogP contribution in [0.25, 0.3) is 0 Å². The molecule has 2 aromatic heterocycles. The molecule has 0 saturated heterocycles. The maximum Gasteiger partial charge on any atom is 0.266 e. The van der Waals surface area contributed by atoms with Gasteiger partial charge in [-0.25, -0.2) is 22.8 Å². The summed E-state index contributed by atoms with van der Waals surface area (Å²) in [5.41, 5.74) is 0.985. The lowest BCUT2D eigenvalue weighted by molar-refractivity contribution is 0.176. The van der Waals surface area contributed by atoms with Gasteiger partial charge in [-0.2, -0.15) is 9.49 Å². The highest BCUT2D eigenvalue weighted by molar-refractivity contribution is 7.92. The molecular formula is C20H21F2N5O3S. The Labute approximate surface area is 178 Å². The molecule has 2 heterocycles. The molecule has 1 unspecified atom stereocenters. The fraction of sp³-hybridized carbons (Fsp3) is 0.350. The van der Waals surface area contributed by atoms with Crippen molar-refractivity contribution in [3.63, 3.8) is 0 Å². The van der Waals surface area contributed by atoms with E-state index in [2.05, 4.69) is 19.8 Å². The van der Waals surface area contributed by atoms with E-state index in [9.17, 15) is 17.2 Å². The van der Waals surface area contributed by atoms with Gasteiger partial charge in [0.1, 0.15) is 23.1 Å². The second-order valence-electron chi connectivity index (χ2n) is 7.16. The van der Waals surface area contributed by atoms with Crippen LogP contribution >= 0.6 is 0 Å². The van der Waals surface area contributed by atoms with E-state index in [1.165, 1.54) is 12.3 Å². The van der Waals surface area contributed by atoms with Crippen LogP contribution in [-0.2, 0) is 16.6 Å². The highest BCUT2D eigenvalue weighted by Gasteiger charge is 2.34. The summed E-state index contributed by atoms with van der Waals surface area (Å²) >= 11 is 0. The lowest BCUT2D eigenvalue weighted by Crippen LogP contribution is -2.23. The molecule has 1 aromatic carbocycles. The van der Waals surface area contributed by atoms with Gasteiger partial charge in [-0.3, -0.25) is 9.40 Å². The van der Waals surface area contributed by atoms with Crippen LogP contribution in [0.5, 0.6) is 5.75 Å². The number of halogens is 2. The van der Waals surface area contributed by atoms with Gasteiger partial charge < -0.3 is 4.74 Å². The number of nitrogens with one attached hydrogen (secondary N) is 1. The molecule has 1 fully saturated rings. The molecule has 2 atom stereocenters. The van der Waals surface area contributed by atoms with Gasteiger partial charge in [0.25, 0.3) is 10.0 Å². The van der Waals surface area contributed by atoms with Crippen LogP contribution in [0.15, 0.2) is 47.9 Å². The Bertz CT molecular complexity index is 1170. The number of nitrogens with zero attached hydrogens (tertiary/aromatic N) is 4. The number of anilines is 1. The highest BCUT2D eigenvalue weighted by atomic mass is 32.2. The van der Waals surface area contributed by atoms with Crippen LogP contribution in [-0.4, -0.2) is 34.3 Å². The van der Waals surface area contributed by atoms with Crippen molar-refractivity contribution in [1.29, 1.82) is 0 Å². The first kappa shape index (κ1) is 21.2. The van der Waals surface area contributed by atoms with Gasteiger partial charge in [0, 0.05) is 30.6 Å². The molecule has 8 nitrogen and oxygen atoms in total. The Morgan fingerprint density at radius 3 is 2.74 bits per heavy atom. The smallest absolute Gasteiger partial charge is 0.266 e. The fourth-order valence-electron chi connectivity index (χ4n) is 3.85. The average Bonchev–Trinajstić information content (AvgIpc) is 3.40. The number of aryl methyl sites for hydroxylation is 1. The molecule has 164 valence electrons. The van der Waals surface area contributed by atoms with Crippen LogP contribution in [0, 0.1) is 11.6 Å². The number of aromatic nitrogens is 4. The van der Waals surface area contributed by atoms with E-state index < -0.39 is 26.6 Å². The first-order valence-corrected chi connectivity index (χ1v) is 11.3. The van der Waals surface area contributed by atoms with Crippen molar-refractivity contribution in [2.24, 2.45) is 0 Å². The molecular weight excluding hydrogens is 428 g/mol. The minimum atomic E-state index is -4.39. The Kier molecular flexibility index (Phi) is 5.86. The molecule has 1 N–H and O–H groups in total. The number of hydrogen-bond acceptors (Lipinski definition) is 6. The van der Waals surface area contributed by atoms with E-state index in [0.717, 1.165) is 37.0 Å². The van der Waals surface area contributed by atoms with Crippen LogP contribution in [0.2, 0.25) is 0 Å². The predicted molar refractivity (Wildman–Crippen MR) is 108 cm³/mol. The molecule has 1 aliphatic carbocycles. The zero-order valence-corrected chi connectivity index (χ0v) is 17.5. The number of hydrogen-bond donors (Lipinski definition) is 1. The van der Waals surface area contributed by atoms with Crippen molar-refractivity contribution in [2.75, 3.05) is 4.72 Å². The molecule has 1 saturated carbocycles. The third-order valence-electron chi connectivity index (χ3n) is 5.28. The predicted octanol–water partition coefficient (Wildman–Crippen LogP) is 3.49. The van der Waals surface area contributed by atoms with E-state index >= 15 is 0 Å². The third-order valence-corrected chi connectivity index (χ3v) is 6.65. The van der Waals surface area contributed by atoms with Gasteiger partial charge in [-0.15, -0.1) is 0 Å². The van der Waals surface area contributed by atoms with Crippen molar-refractivity contribution in [3.05, 3.63) is 60.3 Å². The fourth-order valence-corrected chi connectivity index (χ4v) is 4.93. The summed E-state index contributed by atoms with van der Waals surface area (Å²) in [6.45, 7) is 2.67. The van der Waals surface area contributed by atoms with E-state index in [4.69, 9.17) is 4.74 Å². The first-order chi connectivity index (χ1) is 14.9. The summed E-state index contributed by atoms with van der Waals surface area (Å²) < 4.78 is 64.2. The highest BCUT2D eigenvalue weighted by Crippen LogP contribution is 2.38. The van der Waals surface area contributed by atoms with Gasteiger partial charge in [-0.05, 0) is 50.5 Å². The number of benzene rings is 1. The van der Waals surface area contributed by atoms with Gasteiger partial charge in [0.05, 0.1) is 0 Å². The lowest BCUT2D eigenvalue weighted by atomic mass is 10.0. The molecule has 0 radical (unpaired) electrons. The maximum atomic E-state index is 14.8. The third kappa shape index (κ3) is 4.22. The summed E-state index contributed by atoms with van der Waals surface area (Å²) in [6.07, 6.45) is 6.20. The van der Waals surface area contributed by atoms with Crippen molar-refractivity contribution >= 4 is 15.8 Å². The topological polar surface area (TPSA) is 99.0 Å². The molecule has 3 aromatic rings. The Morgan fingerprint density at radius 1 is 1.16 bits per heavy atom. The molecule has 0 spiro atoms. The Morgan fingerprint density at radius 2 is 2.00 bits per heavy atom. The number of ether oxygens (including phenoxy) is 1. The number of rotatable bonds is 7. The normalized spacial score (nSPS) is 18.8. The van der Waals surface area contributed by atoms with E-state index in [-0.39, 0.29) is 23.6 Å². The Hall–Kier alpha value is -3.08. The van der Waals surface area contributed by atoms with Crippen LogP contribution in [0.4, 0.5) is 14.6 Å². The largest absolute Gasteiger partial charge is 0.487 e.